The molecule has 0 saturated heterocycles. The average Bonchev–Trinajstić information content (AvgIpc) is 2.44. The van der Waals surface area contributed by atoms with Crippen LogP contribution in [0.15, 0.2) is 0 Å². The summed E-state index contributed by atoms with van der Waals surface area (Å²) < 4.78 is 5.46. The maximum atomic E-state index is 5.46. The predicted octanol–water partition coefficient (Wildman–Crippen LogP) is 2.81. The van der Waals surface area contributed by atoms with E-state index in [2.05, 4.69) is 42.9 Å². The molecule has 0 aliphatic carbocycles. The van der Waals surface area contributed by atoms with Gasteiger partial charge in [0.15, 0.2) is 0 Å². The van der Waals surface area contributed by atoms with Crippen LogP contribution in [-0.4, -0.2) is 43.3 Å². The highest BCUT2D eigenvalue weighted by molar-refractivity contribution is 5.58. The van der Waals surface area contributed by atoms with Gasteiger partial charge in [0.25, 0.3) is 0 Å². The normalized spacial score (nSPS) is 10.9. The zero-order valence-electron chi connectivity index (χ0n) is 13.7. The molecule has 1 rings (SSSR count). The molecule has 0 fully saturated rings. The summed E-state index contributed by atoms with van der Waals surface area (Å²) in [6.07, 6.45) is 0. The molecular formula is C15H28N4O. The van der Waals surface area contributed by atoms with Crippen molar-refractivity contribution in [3.05, 3.63) is 11.4 Å². The van der Waals surface area contributed by atoms with Crippen molar-refractivity contribution >= 4 is 11.6 Å². The van der Waals surface area contributed by atoms with Crippen molar-refractivity contribution in [1.29, 1.82) is 0 Å². The Hall–Kier alpha value is -1.36. The third-order valence-electron chi connectivity index (χ3n) is 3.28. The number of hydrogen-bond acceptors (Lipinski definition) is 5. The fraction of sp³-hybridized carbons (Fsp3) is 0.733. The van der Waals surface area contributed by atoms with Crippen molar-refractivity contribution in [2.75, 3.05) is 43.6 Å². The molecule has 1 heterocycles. The first-order valence-corrected chi connectivity index (χ1v) is 7.44. The van der Waals surface area contributed by atoms with Gasteiger partial charge in [-0.15, -0.1) is 0 Å². The number of anilines is 2. The Balaban J connectivity index is 3.08. The molecule has 0 atom stereocenters. The molecule has 0 radical (unpaired) electrons. The summed E-state index contributed by atoms with van der Waals surface area (Å²) in [5.74, 6) is 3.11. The molecule has 114 valence electrons. The van der Waals surface area contributed by atoms with Crippen LogP contribution in [0.3, 0.4) is 0 Å². The van der Waals surface area contributed by atoms with Gasteiger partial charge in [-0.2, -0.15) is 0 Å². The minimum absolute atomic E-state index is 0.312. The van der Waals surface area contributed by atoms with Crippen molar-refractivity contribution in [1.82, 2.24) is 9.97 Å². The number of hydrogen-bond donors (Lipinski definition) is 1. The van der Waals surface area contributed by atoms with E-state index in [0.29, 0.717) is 5.92 Å². The Bertz CT molecular complexity index is 421. The van der Waals surface area contributed by atoms with E-state index < -0.39 is 0 Å². The van der Waals surface area contributed by atoms with E-state index in [4.69, 9.17) is 9.72 Å². The second-order valence-corrected chi connectivity index (χ2v) is 5.06. The number of likely N-dealkylation sites (N-methyl/N-ethyl adjacent to an activating group) is 1. The summed E-state index contributed by atoms with van der Waals surface area (Å²) in [6.45, 7) is 13.7. The van der Waals surface area contributed by atoms with Crippen LogP contribution < -0.4 is 10.2 Å². The van der Waals surface area contributed by atoms with Gasteiger partial charge >= 0.3 is 0 Å². The topological polar surface area (TPSA) is 50.3 Å². The van der Waals surface area contributed by atoms with E-state index >= 15 is 0 Å². The van der Waals surface area contributed by atoms with Crippen molar-refractivity contribution in [3.8, 4) is 0 Å². The molecule has 1 aromatic rings. The van der Waals surface area contributed by atoms with E-state index in [-0.39, 0.29) is 0 Å². The first kappa shape index (κ1) is 16.7. The SMILES string of the molecule is CCOCCN(CC)c1nc(C(C)C)nc(NC)c1C. The van der Waals surface area contributed by atoms with Crippen LogP contribution in [0.5, 0.6) is 0 Å². The molecule has 5 nitrogen and oxygen atoms in total. The summed E-state index contributed by atoms with van der Waals surface area (Å²) in [5, 5.41) is 3.17. The highest BCUT2D eigenvalue weighted by Gasteiger charge is 2.16. The summed E-state index contributed by atoms with van der Waals surface area (Å²) in [5.41, 5.74) is 1.09. The molecule has 0 spiro atoms. The molecule has 20 heavy (non-hydrogen) atoms. The average molecular weight is 280 g/mol. The number of aromatic nitrogens is 2. The standard InChI is InChI=1S/C15H28N4O/c1-7-19(9-10-20-8-2)15-12(5)14(16-6)17-13(18-15)11(3)4/h11H,7-10H2,1-6H3,(H,16,17,18). The van der Waals surface area contributed by atoms with Gasteiger partial charge in [-0.1, -0.05) is 13.8 Å². The third-order valence-corrected chi connectivity index (χ3v) is 3.28. The lowest BCUT2D eigenvalue weighted by Gasteiger charge is -2.25. The van der Waals surface area contributed by atoms with E-state index in [1.165, 1.54) is 0 Å². The molecule has 0 aliphatic heterocycles. The van der Waals surface area contributed by atoms with E-state index in [1.54, 1.807) is 0 Å². The summed E-state index contributed by atoms with van der Waals surface area (Å²) in [6, 6.07) is 0. The molecule has 1 N–H and O–H groups in total. The summed E-state index contributed by atoms with van der Waals surface area (Å²) in [4.78, 5) is 11.6. The number of nitrogens with zero attached hydrogens (tertiary/aromatic N) is 3. The lowest BCUT2D eigenvalue weighted by atomic mass is 10.2. The molecular weight excluding hydrogens is 252 g/mol. The van der Waals surface area contributed by atoms with Crippen molar-refractivity contribution < 1.29 is 4.74 Å². The first-order valence-electron chi connectivity index (χ1n) is 7.44. The van der Waals surface area contributed by atoms with Gasteiger partial charge in [0.2, 0.25) is 0 Å². The van der Waals surface area contributed by atoms with Gasteiger partial charge in [-0.05, 0) is 20.8 Å². The fourth-order valence-corrected chi connectivity index (χ4v) is 2.06. The molecule has 0 saturated carbocycles. The Morgan fingerprint density at radius 2 is 1.95 bits per heavy atom. The summed E-state index contributed by atoms with van der Waals surface area (Å²) >= 11 is 0. The van der Waals surface area contributed by atoms with E-state index in [9.17, 15) is 0 Å². The van der Waals surface area contributed by atoms with Gasteiger partial charge in [-0.3, -0.25) is 0 Å². The van der Waals surface area contributed by atoms with Crippen LogP contribution in [0.2, 0.25) is 0 Å². The van der Waals surface area contributed by atoms with Gasteiger partial charge in [0.1, 0.15) is 17.5 Å². The van der Waals surface area contributed by atoms with Crippen LogP contribution in [-0.2, 0) is 4.74 Å². The van der Waals surface area contributed by atoms with E-state index in [1.807, 2.05) is 14.0 Å². The zero-order chi connectivity index (χ0) is 15.1. The van der Waals surface area contributed by atoms with Gasteiger partial charge in [0.05, 0.1) is 6.61 Å². The highest BCUT2D eigenvalue weighted by atomic mass is 16.5. The number of nitrogens with one attached hydrogen (secondary N) is 1. The second kappa shape index (κ2) is 8.04. The van der Waals surface area contributed by atoms with Gasteiger partial charge < -0.3 is 15.0 Å². The second-order valence-electron chi connectivity index (χ2n) is 5.06. The summed E-state index contributed by atoms with van der Waals surface area (Å²) in [7, 11) is 1.90. The van der Waals surface area contributed by atoms with Crippen LogP contribution in [0.4, 0.5) is 11.6 Å². The van der Waals surface area contributed by atoms with Crippen LogP contribution in [0.25, 0.3) is 0 Å². The predicted molar refractivity (Wildman–Crippen MR) is 84.8 cm³/mol. The Labute approximate surface area is 122 Å². The first-order chi connectivity index (χ1) is 9.54. The fourth-order valence-electron chi connectivity index (χ4n) is 2.06. The molecule has 0 amide bonds. The molecule has 0 aliphatic rings. The maximum Gasteiger partial charge on any atom is 0.137 e. The van der Waals surface area contributed by atoms with Crippen molar-refractivity contribution in [3.63, 3.8) is 0 Å². The molecule has 1 aromatic heterocycles. The highest BCUT2D eigenvalue weighted by Crippen LogP contribution is 2.25. The van der Waals surface area contributed by atoms with Gasteiger partial charge in [0, 0.05) is 38.2 Å². The maximum absolute atomic E-state index is 5.46. The van der Waals surface area contributed by atoms with Crippen LogP contribution >= 0.6 is 0 Å². The molecule has 0 unspecified atom stereocenters. The van der Waals surface area contributed by atoms with Crippen LogP contribution in [0, 0.1) is 6.92 Å². The molecule has 5 heteroatoms. The molecule has 0 aromatic carbocycles. The van der Waals surface area contributed by atoms with Crippen molar-refractivity contribution in [2.45, 2.75) is 40.5 Å². The monoisotopic (exact) mass is 280 g/mol. The smallest absolute Gasteiger partial charge is 0.137 e. The van der Waals surface area contributed by atoms with Crippen LogP contribution in [0.1, 0.15) is 45.0 Å². The minimum atomic E-state index is 0.312. The minimum Gasteiger partial charge on any atom is -0.380 e. The Morgan fingerprint density at radius 1 is 1.25 bits per heavy atom. The van der Waals surface area contributed by atoms with Gasteiger partial charge in [-0.25, -0.2) is 9.97 Å². The largest absolute Gasteiger partial charge is 0.380 e. The quantitative estimate of drug-likeness (QED) is 0.742. The Morgan fingerprint density at radius 3 is 2.45 bits per heavy atom. The number of ether oxygens (including phenoxy) is 1. The van der Waals surface area contributed by atoms with Crippen molar-refractivity contribution in [2.24, 2.45) is 0 Å². The number of rotatable bonds is 8. The van der Waals surface area contributed by atoms with E-state index in [0.717, 1.165) is 49.3 Å². The third kappa shape index (κ3) is 4.07. The lowest BCUT2D eigenvalue weighted by molar-refractivity contribution is 0.154. The zero-order valence-corrected chi connectivity index (χ0v) is 13.7. The molecule has 0 bridgehead atoms. The Kier molecular flexibility index (Phi) is 6.71. The lowest BCUT2D eigenvalue weighted by Crippen LogP contribution is -2.29.